The van der Waals surface area contributed by atoms with Gasteiger partial charge in [-0.2, -0.15) is 0 Å². The Balaban J connectivity index is 0.000000980. The molecule has 2 N–H and O–H groups in total. The zero-order valence-electron chi connectivity index (χ0n) is 8.30. The molecule has 0 saturated heterocycles. The van der Waals surface area contributed by atoms with Crippen LogP contribution in [0.15, 0.2) is 30.6 Å². The summed E-state index contributed by atoms with van der Waals surface area (Å²) in [6.45, 7) is 1.68. The number of halogens is 2. The number of fused-ring (bicyclic) bond motifs is 1. The Labute approximate surface area is 101 Å². The van der Waals surface area contributed by atoms with E-state index in [1.165, 1.54) is 5.52 Å². The maximum atomic E-state index is 5.46. The van der Waals surface area contributed by atoms with Crippen LogP contribution >= 0.6 is 24.8 Å². The highest BCUT2D eigenvalue weighted by Crippen LogP contribution is 2.11. The van der Waals surface area contributed by atoms with Crippen LogP contribution in [-0.4, -0.2) is 16.1 Å². The number of nitrogens with zero attached hydrogens (tertiary/aromatic N) is 2. The second-order valence-corrected chi connectivity index (χ2v) is 3.07. The first kappa shape index (κ1) is 14.2. The lowest BCUT2D eigenvalue weighted by atomic mass is 10.3. The molecule has 0 aliphatic heterocycles. The van der Waals surface area contributed by atoms with E-state index in [2.05, 4.69) is 15.6 Å². The number of hydrogen-bond donors (Lipinski definition) is 1. The third kappa shape index (κ3) is 3.09. The van der Waals surface area contributed by atoms with Crippen LogP contribution in [0.4, 0.5) is 0 Å². The second kappa shape index (κ2) is 6.67. The molecular weight excluding hydrogens is 233 g/mol. The lowest BCUT2D eigenvalue weighted by Gasteiger charge is -2.01. The normalized spacial score (nSPS) is 9.40. The molecule has 3 nitrogen and oxygen atoms in total. The highest BCUT2D eigenvalue weighted by atomic mass is 35.5. The summed E-state index contributed by atoms with van der Waals surface area (Å²) >= 11 is 0. The summed E-state index contributed by atoms with van der Waals surface area (Å²) < 4.78 is 2.14. The molecule has 5 heteroatoms. The third-order valence-corrected chi connectivity index (χ3v) is 2.13. The molecule has 2 aromatic rings. The first-order valence-corrected chi connectivity index (χ1v) is 4.52. The summed E-state index contributed by atoms with van der Waals surface area (Å²) in [4.78, 5) is 4.29. The molecule has 0 aliphatic rings. The van der Waals surface area contributed by atoms with Crippen LogP contribution in [0.2, 0.25) is 0 Å². The van der Waals surface area contributed by atoms with Crippen molar-refractivity contribution in [1.29, 1.82) is 0 Å². The molecule has 1 aromatic heterocycles. The molecule has 0 fully saturated rings. The van der Waals surface area contributed by atoms with Crippen molar-refractivity contribution in [3.05, 3.63) is 30.6 Å². The highest BCUT2D eigenvalue weighted by Gasteiger charge is 1.99. The molecule has 2 rings (SSSR count). The molecule has 0 bridgehead atoms. The fraction of sp³-hybridized carbons (Fsp3) is 0.300. The van der Waals surface area contributed by atoms with Crippen molar-refractivity contribution in [2.24, 2.45) is 5.73 Å². The van der Waals surface area contributed by atoms with Gasteiger partial charge >= 0.3 is 0 Å². The quantitative estimate of drug-likeness (QED) is 0.905. The Morgan fingerprint density at radius 2 is 1.93 bits per heavy atom. The Morgan fingerprint density at radius 3 is 2.67 bits per heavy atom. The molecule has 84 valence electrons. The molecule has 15 heavy (non-hydrogen) atoms. The zero-order valence-corrected chi connectivity index (χ0v) is 9.93. The van der Waals surface area contributed by atoms with E-state index in [0.717, 1.165) is 25.0 Å². The van der Waals surface area contributed by atoms with Gasteiger partial charge in [-0.1, -0.05) is 12.1 Å². The number of benzene rings is 1. The highest BCUT2D eigenvalue weighted by molar-refractivity contribution is 5.85. The minimum absolute atomic E-state index is 0. The fourth-order valence-electron chi connectivity index (χ4n) is 1.45. The van der Waals surface area contributed by atoms with Gasteiger partial charge in [0.15, 0.2) is 0 Å². The van der Waals surface area contributed by atoms with Gasteiger partial charge in [-0.3, -0.25) is 0 Å². The van der Waals surface area contributed by atoms with E-state index in [-0.39, 0.29) is 24.8 Å². The van der Waals surface area contributed by atoms with Crippen molar-refractivity contribution in [3.8, 4) is 0 Å². The van der Waals surface area contributed by atoms with Crippen molar-refractivity contribution >= 4 is 35.8 Å². The van der Waals surface area contributed by atoms with E-state index in [9.17, 15) is 0 Å². The topological polar surface area (TPSA) is 43.8 Å². The first-order valence-electron chi connectivity index (χ1n) is 4.52. The minimum atomic E-state index is 0. The number of imidazole rings is 1. The van der Waals surface area contributed by atoms with Gasteiger partial charge in [0.25, 0.3) is 0 Å². The Hall–Kier alpha value is -0.770. The van der Waals surface area contributed by atoms with E-state index < -0.39 is 0 Å². The van der Waals surface area contributed by atoms with E-state index in [1.54, 1.807) is 0 Å². The maximum absolute atomic E-state index is 5.46. The first-order chi connectivity index (χ1) is 6.42. The number of aromatic nitrogens is 2. The number of nitrogens with two attached hydrogens (primary N) is 1. The smallest absolute Gasteiger partial charge is 0.0958 e. The van der Waals surface area contributed by atoms with Crippen LogP contribution < -0.4 is 5.73 Å². The van der Waals surface area contributed by atoms with Crippen molar-refractivity contribution in [2.45, 2.75) is 13.0 Å². The largest absolute Gasteiger partial charge is 0.331 e. The molecule has 1 heterocycles. The molecular formula is C10H15Cl2N3. The average molecular weight is 248 g/mol. The van der Waals surface area contributed by atoms with Crippen molar-refractivity contribution in [3.63, 3.8) is 0 Å². The van der Waals surface area contributed by atoms with E-state index in [4.69, 9.17) is 5.73 Å². The van der Waals surface area contributed by atoms with Gasteiger partial charge in [-0.05, 0) is 25.1 Å². The van der Waals surface area contributed by atoms with Crippen LogP contribution in [0.5, 0.6) is 0 Å². The maximum Gasteiger partial charge on any atom is 0.0958 e. The lowest BCUT2D eigenvalue weighted by Crippen LogP contribution is -2.04. The van der Waals surface area contributed by atoms with Crippen LogP contribution in [0.1, 0.15) is 6.42 Å². The molecule has 0 unspecified atom stereocenters. The summed E-state index contributed by atoms with van der Waals surface area (Å²) in [7, 11) is 0. The Kier molecular flexibility index (Phi) is 6.32. The average Bonchev–Trinajstić information content (AvgIpc) is 2.58. The third-order valence-electron chi connectivity index (χ3n) is 2.13. The van der Waals surface area contributed by atoms with E-state index in [0.29, 0.717) is 0 Å². The fourth-order valence-corrected chi connectivity index (χ4v) is 1.45. The molecule has 0 atom stereocenters. The molecule has 0 aliphatic carbocycles. The van der Waals surface area contributed by atoms with Gasteiger partial charge in [-0.25, -0.2) is 4.98 Å². The van der Waals surface area contributed by atoms with Crippen LogP contribution in [0.25, 0.3) is 11.0 Å². The summed E-state index contributed by atoms with van der Waals surface area (Å²) in [5, 5.41) is 0. The minimum Gasteiger partial charge on any atom is -0.331 e. The van der Waals surface area contributed by atoms with Crippen LogP contribution in [-0.2, 0) is 6.54 Å². The van der Waals surface area contributed by atoms with Crippen molar-refractivity contribution in [2.75, 3.05) is 6.54 Å². The second-order valence-electron chi connectivity index (χ2n) is 3.07. The number of rotatable bonds is 3. The van der Waals surface area contributed by atoms with Crippen LogP contribution in [0.3, 0.4) is 0 Å². The van der Waals surface area contributed by atoms with Gasteiger partial charge in [-0.15, -0.1) is 24.8 Å². The Morgan fingerprint density at radius 1 is 1.20 bits per heavy atom. The summed E-state index contributed by atoms with van der Waals surface area (Å²) in [6.07, 6.45) is 2.88. The molecule has 0 spiro atoms. The lowest BCUT2D eigenvalue weighted by molar-refractivity contribution is 0.666. The predicted molar refractivity (Wildman–Crippen MR) is 67.9 cm³/mol. The molecule has 1 aromatic carbocycles. The van der Waals surface area contributed by atoms with Gasteiger partial charge in [0.2, 0.25) is 0 Å². The Bertz CT molecular complexity index is 400. The van der Waals surface area contributed by atoms with Gasteiger partial charge in [0.05, 0.1) is 17.4 Å². The number of para-hydroxylation sites is 2. The van der Waals surface area contributed by atoms with Gasteiger partial charge in [0, 0.05) is 6.54 Å². The van der Waals surface area contributed by atoms with Crippen molar-refractivity contribution < 1.29 is 0 Å². The van der Waals surface area contributed by atoms with E-state index in [1.807, 2.05) is 24.5 Å². The van der Waals surface area contributed by atoms with Gasteiger partial charge in [0.1, 0.15) is 0 Å². The SMILES string of the molecule is Cl.Cl.NCCCn1cnc2ccccc21. The molecule has 0 saturated carbocycles. The molecule has 0 amide bonds. The van der Waals surface area contributed by atoms with Crippen molar-refractivity contribution in [1.82, 2.24) is 9.55 Å². The van der Waals surface area contributed by atoms with E-state index >= 15 is 0 Å². The zero-order chi connectivity index (χ0) is 9.10. The molecule has 0 radical (unpaired) electrons. The number of hydrogen-bond acceptors (Lipinski definition) is 2. The standard InChI is InChI=1S/C10H13N3.2ClH/c11-6-3-7-13-8-12-9-4-1-2-5-10(9)13;;/h1-2,4-5,8H,3,6-7,11H2;2*1H. The van der Waals surface area contributed by atoms with Crippen LogP contribution in [0, 0.1) is 0 Å². The van der Waals surface area contributed by atoms with Gasteiger partial charge < -0.3 is 10.3 Å². The number of aryl methyl sites for hydroxylation is 1. The summed E-state index contributed by atoms with van der Waals surface area (Å²) in [5.41, 5.74) is 7.70. The summed E-state index contributed by atoms with van der Waals surface area (Å²) in [5.74, 6) is 0. The monoisotopic (exact) mass is 247 g/mol. The summed E-state index contributed by atoms with van der Waals surface area (Å²) in [6, 6.07) is 8.14. The predicted octanol–water partition coefficient (Wildman–Crippen LogP) is 2.23.